The van der Waals surface area contributed by atoms with Crippen molar-refractivity contribution in [3.8, 4) is 5.75 Å². The maximum absolute atomic E-state index is 12.2. The molecule has 1 N–H and O–H groups in total. The number of aliphatic hydroxyl groups is 1. The van der Waals surface area contributed by atoms with E-state index in [1.165, 1.54) is 12.2 Å². The average Bonchev–Trinajstić information content (AvgIpc) is 2.86. The second kappa shape index (κ2) is 6.42. The van der Waals surface area contributed by atoms with Crippen LogP contribution in [-0.4, -0.2) is 40.8 Å². The van der Waals surface area contributed by atoms with Crippen LogP contribution in [0.25, 0.3) is 0 Å². The molecule has 2 atom stereocenters. The molecule has 6 heteroatoms. The summed E-state index contributed by atoms with van der Waals surface area (Å²) in [6, 6.07) is 5.99. The monoisotopic (exact) mass is 319 g/mol. The minimum absolute atomic E-state index is 0.503. The van der Waals surface area contributed by atoms with Crippen LogP contribution in [0.2, 0.25) is 0 Å². The molecular weight excluding hydrogens is 298 g/mol. The smallest absolute Gasteiger partial charge is 0.417 e. The number of methoxy groups -OCH3 is 1. The summed E-state index contributed by atoms with van der Waals surface area (Å²) < 4.78 is 10.3. The Bertz CT molecular complexity index is 615. The topological polar surface area (TPSA) is 76.1 Å². The fourth-order valence-corrected chi connectivity index (χ4v) is 2.26. The van der Waals surface area contributed by atoms with Crippen LogP contribution >= 0.6 is 0 Å². The summed E-state index contributed by atoms with van der Waals surface area (Å²) in [5.41, 5.74) is -0.154. The van der Waals surface area contributed by atoms with Gasteiger partial charge >= 0.3 is 6.09 Å². The van der Waals surface area contributed by atoms with Crippen LogP contribution in [0.4, 0.5) is 4.79 Å². The molecule has 124 valence electrons. The van der Waals surface area contributed by atoms with Gasteiger partial charge in [-0.3, -0.25) is 4.79 Å². The predicted molar refractivity (Wildman–Crippen MR) is 84.0 cm³/mol. The van der Waals surface area contributed by atoms with Crippen LogP contribution in [0.5, 0.6) is 5.75 Å². The van der Waals surface area contributed by atoms with Crippen molar-refractivity contribution >= 4 is 12.0 Å². The molecule has 0 radical (unpaired) electrons. The quantitative estimate of drug-likeness (QED) is 0.926. The zero-order chi connectivity index (χ0) is 17.2. The van der Waals surface area contributed by atoms with Crippen LogP contribution in [0.1, 0.15) is 32.4 Å². The normalized spacial score (nSPS) is 18.9. The van der Waals surface area contributed by atoms with E-state index in [0.29, 0.717) is 11.3 Å². The Morgan fingerprint density at radius 2 is 1.87 bits per heavy atom. The van der Waals surface area contributed by atoms with Gasteiger partial charge in [0.05, 0.1) is 13.2 Å². The lowest BCUT2D eigenvalue weighted by atomic mass is 10.0. The summed E-state index contributed by atoms with van der Waals surface area (Å²) >= 11 is 0. The zero-order valence-corrected chi connectivity index (χ0v) is 13.6. The van der Waals surface area contributed by atoms with Crippen LogP contribution in [0, 0.1) is 0 Å². The molecule has 23 heavy (non-hydrogen) atoms. The van der Waals surface area contributed by atoms with Crippen LogP contribution in [0.3, 0.4) is 0 Å². The predicted octanol–water partition coefficient (Wildman–Crippen LogP) is 2.43. The standard InChI is InChI=1S/C17H21NO5/c1-17(2,3)23-16(21)18-13(9-10-14(18)19)15(20)11-5-7-12(22-4)8-6-11/h5-10,13,15,20H,1-4H3/t13-,15+/m1/s1. The van der Waals surface area contributed by atoms with Gasteiger partial charge in [-0.2, -0.15) is 0 Å². The van der Waals surface area contributed by atoms with Gasteiger partial charge in [-0.1, -0.05) is 18.2 Å². The molecule has 0 fully saturated rings. The minimum atomic E-state index is -1.05. The Hall–Kier alpha value is -2.34. The molecule has 2 amide bonds. The third kappa shape index (κ3) is 3.90. The fourth-order valence-electron chi connectivity index (χ4n) is 2.26. The van der Waals surface area contributed by atoms with Crippen molar-refractivity contribution in [2.24, 2.45) is 0 Å². The van der Waals surface area contributed by atoms with Gasteiger partial charge in [0, 0.05) is 6.08 Å². The van der Waals surface area contributed by atoms with E-state index in [-0.39, 0.29) is 0 Å². The van der Waals surface area contributed by atoms with Crippen LogP contribution in [-0.2, 0) is 9.53 Å². The molecule has 0 saturated heterocycles. The molecule has 0 aromatic heterocycles. The number of nitrogens with zero attached hydrogens (tertiary/aromatic N) is 1. The number of imide groups is 1. The van der Waals surface area contributed by atoms with Crippen LogP contribution in [0.15, 0.2) is 36.4 Å². The van der Waals surface area contributed by atoms with E-state index in [0.717, 1.165) is 4.90 Å². The third-order valence-electron chi connectivity index (χ3n) is 3.34. The Morgan fingerprint density at radius 1 is 1.26 bits per heavy atom. The highest BCUT2D eigenvalue weighted by Crippen LogP contribution is 2.28. The summed E-state index contributed by atoms with van der Waals surface area (Å²) in [5.74, 6) is 0.153. The molecule has 6 nitrogen and oxygen atoms in total. The van der Waals surface area contributed by atoms with Gasteiger partial charge in [-0.15, -0.1) is 0 Å². The van der Waals surface area contributed by atoms with Gasteiger partial charge in [0.1, 0.15) is 17.5 Å². The van der Waals surface area contributed by atoms with Crippen molar-refractivity contribution in [2.75, 3.05) is 7.11 Å². The second-order valence-electron chi connectivity index (χ2n) is 6.26. The van der Waals surface area contributed by atoms with Crippen molar-refractivity contribution in [1.29, 1.82) is 0 Å². The van der Waals surface area contributed by atoms with E-state index >= 15 is 0 Å². The highest BCUT2D eigenvalue weighted by atomic mass is 16.6. The van der Waals surface area contributed by atoms with E-state index in [1.54, 1.807) is 52.1 Å². The van der Waals surface area contributed by atoms with E-state index in [4.69, 9.17) is 9.47 Å². The minimum Gasteiger partial charge on any atom is -0.497 e. The molecule has 1 aliphatic rings. The highest BCUT2D eigenvalue weighted by Gasteiger charge is 2.39. The van der Waals surface area contributed by atoms with Crippen LogP contribution < -0.4 is 4.74 Å². The summed E-state index contributed by atoms with van der Waals surface area (Å²) in [5, 5.41) is 10.5. The Morgan fingerprint density at radius 3 is 2.39 bits per heavy atom. The summed E-state index contributed by atoms with van der Waals surface area (Å²) in [4.78, 5) is 25.1. The Kier molecular flexibility index (Phi) is 4.75. The number of benzene rings is 1. The van der Waals surface area contributed by atoms with Gasteiger partial charge in [0.25, 0.3) is 5.91 Å². The largest absolute Gasteiger partial charge is 0.497 e. The molecule has 0 spiro atoms. The molecule has 0 unspecified atom stereocenters. The van der Waals surface area contributed by atoms with Crippen molar-refractivity contribution in [1.82, 2.24) is 4.90 Å². The van der Waals surface area contributed by atoms with E-state index in [2.05, 4.69) is 0 Å². The van der Waals surface area contributed by atoms with Crippen molar-refractivity contribution in [2.45, 2.75) is 38.5 Å². The van der Waals surface area contributed by atoms with Gasteiger partial charge in [-0.05, 0) is 38.5 Å². The van der Waals surface area contributed by atoms with E-state index < -0.39 is 29.7 Å². The fraction of sp³-hybridized carbons (Fsp3) is 0.412. The Balaban J connectivity index is 2.20. The van der Waals surface area contributed by atoms with E-state index in [9.17, 15) is 14.7 Å². The molecule has 2 rings (SSSR count). The number of hydrogen-bond donors (Lipinski definition) is 1. The zero-order valence-electron chi connectivity index (χ0n) is 13.6. The third-order valence-corrected chi connectivity index (χ3v) is 3.34. The second-order valence-corrected chi connectivity index (χ2v) is 6.26. The summed E-state index contributed by atoms with van der Waals surface area (Å²) in [6.45, 7) is 5.15. The molecular formula is C17H21NO5. The van der Waals surface area contributed by atoms with Gasteiger partial charge in [0.15, 0.2) is 0 Å². The first kappa shape index (κ1) is 17.0. The molecule has 0 bridgehead atoms. The Labute approximate surface area is 135 Å². The number of carbonyl (C=O) groups excluding carboxylic acids is 2. The lowest BCUT2D eigenvalue weighted by Gasteiger charge is -2.29. The molecule has 0 aliphatic carbocycles. The van der Waals surface area contributed by atoms with Gasteiger partial charge < -0.3 is 14.6 Å². The first-order chi connectivity index (χ1) is 10.7. The number of carbonyl (C=O) groups is 2. The number of ether oxygens (including phenoxy) is 2. The van der Waals surface area contributed by atoms with Gasteiger partial charge in [-0.25, -0.2) is 9.69 Å². The van der Waals surface area contributed by atoms with Gasteiger partial charge in [0.2, 0.25) is 0 Å². The number of aliphatic hydroxyl groups excluding tert-OH is 1. The molecule has 1 aromatic rings. The summed E-state index contributed by atoms with van der Waals surface area (Å²) in [6.07, 6.45) is 0.948. The van der Waals surface area contributed by atoms with Crippen molar-refractivity contribution in [3.05, 3.63) is 42.0 Å². The number of hydrogen-bond acceptors (Lipinski definition) is 5. The molecule has 1 aromatic carbocycles. The summed E-state index contributed by atoms with van der Waals surface area (Å²) in [7, 11) is 1.55. The first-order valence-electron chi connectivity index (χ1n) is 7.29. The maximum Gasteiger partial charge on any atom is 0.417 e. The van der Waals surface area contributed by atoms with E-state index in [1.807, 2.05) is 0 Å². The maximum atomic E-state index is 12.2. The van der Waals surface area contributed by atoms with Crippen molar-refractivity contribution < 1.29 is 24.2 Å². The lowest BCUT2D eigenvalue weighted by molar-refractivity contribution is -0.126. The highest BCUT2D eigenvalue weighted by molar-refractivity contribution is 6.01. The first-order valence-corrected chi connectivity index (χ1v) is 7.29. The molecule has 1 aliphatic heterocycles. The molecule has 0 saturated carbocycles. The molecule has 1 heterocycles. The SMILES string of the molecule is COc1ccc([C@H](O)[C@H]2C=CC(=O)N2C(=O)OC(C)(C)C)cc1. The number of amides is 2. The van der Waals surface area contributed by atoms with Crippen molar-refractivity contribution in [3.63, 3.8) is 0 Å². The number of rotatable bonds is 3. The lowest BCUT2D eigenvalue weighted by Crippen LogP contribution is -2.45. The average molecular weight is 319 g/mol.